The Morgan fingerprint density at radius 1 is 1.00 bits per heavy atom. The molecule has 1 N–H and O–H groups in total. The van der Waals surface area contributed by atoms with E-state index >= 15 is 0 Å². The summed E-state index contributed by atoms with van der Waals surface area (Å²) in [5.74, 6) is 0. The van der Waals surface area contributed by atoms with E-state index in [9.17, 15) is 0 Å². The van der Waals surface area contributed by atoms with Crippen molar-refractivity contribution < 1.29 is 0 Å². The molecule has 0 aliphatic rings. The van der Waals surface area contributed by atoms with Crippen molar-refractivity contribution in [1.29, 1.82) is 0 Å². The zero-order valence-corrected chi connectivity index (χ0v) is 13.3. The van der Waals surface area contributed by atoms with Gasteiger partial charge in [0.25, 0.3) is 0 Å². The summed E-state index contributed by atoms with van der Waals surface area (Å²) in [6.07, 6.45) is 7.86. The highest BCUT2D eigenvalue weighted by molar-refractivity contribution is 5.33. The second-order valence-corrected chi connectivity index (χ2v) is 5.72. The van der Waals surface area contributed by atoms with E-state index in [1.54, 1.807) is 0 Å². The Morgan fingerprint density at radius 2 is 1.79 bits per heavy atom. The van der Waals surface area contributed by atoms with Crippen molar-refractivity contribution in [3.63, 3.8) is 0 Å². The molecule has 19 heavy (non-hydrogen) atoms. The van der Waals surface area contributed by atoms with Gasteiger partial charge in [0.15, 0.2) is 0 Å². The van der Waals surface area contributed by atoms with Crippen LogP contribution in [-0.2, 0) is 0 Å². The lowest BCUT2D eigenvalue weighted by Gasteiger charge is -2.21. The number of hydrogen-bond acceptors (Lipinski definition) is 1. The van der Waals surface area contributed by atoms with Crippen molar-refractivity contribution >= 4 is 0 Å². The smallest absolute Gasteiger partial charge is 0.0322 e. The zero-order chi connectivity index (χ0) is 14.1. The number of benzene rings is 1. The second-order valence-electron chi connectivity index (χ2n) is 5.72. The van der Waals surface area contributed by atoms with Crippen molar-refractivity contribution in [2.45, 2.75) is 72.3 Å². The van der Waals surface area contributed by atoms with E-state index in [0.717, 1.165) is 6.54 Å². The maximum atomic E-state index is 3.73. The summed E-state index contributed by atoms with van der Waals surface area (Å²) in [5, 5.41) is 3.73. The van der Waals surface area contributed by atoms with Crippen LogP contribution in [0.5, 0.6) is 0 Å². The van der Waals surface area contributed by atoms with Crippen LogP contribution in [0.15, 0.2) is 18.2 Å². The Balaban J connectivity index is 2.68. The van der Waals surface area contributed by atoms with Gasteiger partial charge < -0.3 is 5.32 Å². The van der Waals surface area contributed by atoms with E-state index in [-0.39, 0.29) is 0 Å². The van der Waals surface area contributed by atoms with Crippen LogP contribution in [0.3, 0.4) is 0 Å². The molecule has 0 radical (unpaired) electrons. The van der Waals surface area contributed by atoms with Crippen LogP contribution in [0.25, 0.3) is 0 Å². The number of unbranched alkanes of at least 4 members (excludes halogenated alkanes) is 3. The Morgan fingerprint density at radius 3 is 2.47 bits per heavy atom. The van der Waals surface area contributed by atoms with Crippen molar-refractivity contribution in [2.75, 3.05) is 6.54 Å². The molecule has 0 aliphatic carbocycles. The fraction of sp³-hybridized carbons (Fsp3) is 0.667. The molecule has 0 aromatic heterocycles. The van der Waals surface area contributed by atoms with Gasteiger partial charge in [0, 0.05) is 6.04 Å². The summed E-state index contributed by atoms with van der Waals surface area (Å²) >= 11 is 0. The minimum Gasteiger partial charge on any atom is -0.310 e. The fourth-order valence-corrected chi connectivity index (χ4v) is 2.60. The van der Waals surface area contributed by atoms with E-state index in [2.05, 4.69) is 51.2 Å². The topological polar surface area (TPSA) is 12.0 Å². The standard InChI is InChI=1S/C18H31N/c1-5-7-8-9-10-18(19-13-6-2)17-14-15(3)11-12-16(17)4/h11-12,14,18-19H,5-10,13H2,1-4H3. The summed E-state index contributed by atoms with van der Waals surface area (Å²) in [6.45, 7) is 10.1. The lowest BCUT2D eigenvalue weighted by atomic mass is 9.94. The SMILES string of the molecule is CCCCCCC(NCCC)c1cc(C)ccc1C. The van der Waals surface area contributed by atoms with Gasteiger partial charge in [0.1, 0.15) is 0 Å². The van der Waals surface area contributed by atoms with E-state index in [1.165, 1.54) is 55.2 Å². The molecule has 0 aliphatic heterocycles. The van der Waals surface area contributed by atoms with Crippen molar-refractivity contribution in [3.8, 4) is 0 Å². The molecule has 0 bridgehead atoms. The minimum absolute atomic E-state index is 0.539. The summed E-state index contributed by atoms with van der Waals surface area (Å²) in [7, 11) is 0. The Bertz CT molecular complexity index is 357. The molecule has 1 atom stereocenters. The number of rotatable bonds is 9. The fourth-order valence-electron chi connectivity index (χ4n) is 2.60. The van der Waals surface area contributed by atoms with E-state index < -0.39 is 0 Å². The third-order valence-electron chi connectivity index (χ3n) is 3.80. The highest BCUT2D eigenvalue weighted by Crippen LogP contribution is 2.24. The molecule has 0 amide bonds. The highest BCUT2D eigenvalue weighted by Gasteiger charge is 2.12. The quantitative estimate of drug-likeness (QED) is 0.594. The predicted molar refractivity (Wildman–Crippen MR) is 85.7 cm³/mol. The first-order valence-electron chi connectivity index (χ1n) is 7.99. The van der Waals surface area contributed by atoms with Crippen LogP contribution in [0.2, 0.25) is 0 Å². The van der Waals surface area contributed by atoms with Crippen LogP contribution in [0, 0.1) is 13.8 Å². The summed E-state index contributed by atoms with van der Waals surface area (Å²) in [5.41, 5.74) is 4.30. The number of aryl methyl sites for hydroxylation is 2. The zero-order valence-electron chi connectivity index (χ0n) is 13.3. The average Bonchev–Trinajstić information content (AvgIpc) is 2.41. The van der Waals surface area contributed by atoms with Gasteiger partial charge in [-0.1, -0.05) is 63.3 Å². The van der Waals surface area contributed by atoms with Crippen LogP contribution < -0.4 is 5.32 Å². The molecule has 1 heteroatoms. The molecule has 1 aromatic carbocycles. The van der Waals surface area contributed by atoms with Gasteiger partial charge in [-0.2, -0.15) is 0 Å². The average molecular weight is 261 g/mol. The Kier molecular flexibility index (Phi) is 7.81. The molecule has 0 heterocycles. The van der Waals surface area contributed by atoms with Gasteiger partial charge in [-0.3, -0.25) is 0 Å². The van der Waals surface area contributed by atoms with Gasteiger partial charge in [0.2, 0.25) is 0 Å². The molecule has 1 nitrogen and oxygen atoms in total. The van der Waals surface area contributed by atoms with Gasteiger partial charge in [-0.15, -0.1) is 0 Å². The monoisotopic (exact) mass is 261 g/mol. The van der Waals surface area contributed by atoms with Crippen molar-refractivity contribution in [2.24, 2.45) is 0 Å². The third kappa shape index (κ3) is 5.78. The molecule has 0 spiro atoms. The predicted octanol–water partition coefficient (Wildman–Crippen LogP) is 5.31. The van der Waals surface area contributed by atoms with Crippen molar-refractivity contribution in [1.82, 2.24) is 5.32 Å². The molecule has 0 fully saturated rings. The maximum Gasteiger partial charge on any atom is 0.0322 e. The first kappa shape index (κ1) is 16.2. The molecule has 1 aromatic rings. The van der Waals surface area contributed by atoms with Crippen LogP contribution in [0.1, 0.15) is 75.1 Å². The number of nitrogens with one attached hydrogen (secondary N) is 1. The van der Waals surface area contributed by atoms with Crippen LogP contribution in [0.4, 0.5) is 0 Å². The molecule has 0 saturated heterocycles. The number of hydrogen-bond donors (Lipinski definition) is 1. The Hall–Kier alpha value is -0.820. The lowest BCUT2D eigenvalue weighted by molar-refractivity contribution is 0.469. The van der Waals surface area contributed by atoms with E-state index in [1.807, 2.05) is 0 Å². The molecular weight excluding hydrogens is 230 g/mol. The van der Waals surface area contributed by atoms with E-state index in [0.29, 0.717) is 6.04 Å². The lowest BCUT2D eigenvalue weighted by Crippen LogP contribution is -2.23. The summed E-state index contributed by atoms with van der Waals surface area (Å²) in [6, 6.07) is 7.38. The molecule has 108 valence electrons. The molecule has 1 rings (SSSR count). The summed E-state index contributed by atoms with van der Waals surface area (Å²) in [4.78, 5) is 0. The minimum atomic E-state index is 0.539. The third-order valence-corrected chi connectivity index (χ3v) is 3.80. The van der Waals surface area contributed by atoms with Gasteiger partial charge >= 0.3 is 0 Å². The van der Waals surface area contributed by atoms with Crippen LogP contribution in [-0.4, -0.2) is 6.54 Å². The van der Waals surface area contributed by atoms with Gasteiger partial charge in [-0.25, -0.2) is 0 Å². The van der Waals surface area contributed by atoms with Gasteiger partial charge in [-0.05, 0) is 44.4 Å². The first-order valence-corrected chi connectivity index (χ1v) is 7.99. The van der Waals surface area contributed by atoms with Crippen LogP contribution >= 0.6 is 0 Å². The summed E-state index contributed by atoms with van der Waals surface area (Å²) < 4.78 is 0. The van der Waals surface area contributed by atoms with E-state index in [4.69, 9.17) is 0 Å². The molecule has 0 saturated carbocycles. The normalized spacial score (nSPS) is 12.6. The second kappa shape index (κ2) is 9.14. The molecule has 1 unspecified atom stereocenters. The molecular formula is C18H31N. The van der Waals surface area contributed by atoms with Gasteiger partial charge in [0.05, 0.1) is 0 Å². The highest BCUT2D eigenvalue weighted by atomic mass is 14.9. The largest absolute Gasteiger partial charge is 0.310 e. The maximum absolute atomic E-state index is 3.73. The van der Waals surface area contributed by atoms with Crippen molar-refractivity contribution in [3.05, 3.63) is 34.9 Å². The Labute approximate surface area is 119 Å². The first-order chi connectivity index (χ1) is 9.19.